The molecule has 0 aliphatic heterocycles. The van der Waals surface area contributed by atoms with E-state index >= 15 is 0 Å². The predicted molar refractivity (Wildman–Crippen MR) is 68.1 cm³/mol. The van der Waals surface area contributed by atoms with Crippen LogP contribution < -0.4 is 5.73 Å². The van der Waals surface area contributed by atoms with Gasteiger partial charge in [-0.25, -0.2) is 0 Å². The Morgan fingerprint density at radius 2 is 2.28 bits per heavy atom. The van der Waals surface area contributed by atoms with Gasteiger partial charge in [0.05, 0.1) is 12.0 Å². The zero-order valence-corrected chi connectivity index (χ0v) is 11.2. The molecule has 1 saturated carbocycles. The average molecular weight is 253 g/mol. The molecule has 3 N–H and O–H groups in total. The summed E-state index contributed by atoms with van der Waals surface area (Å²) < 4.78 is 5.21. The summed E-state index contributed by atoms with van der Waals surface area (Å²) in [7, 11) is 0. The summed E-state index contributed by atoms with van der Waals surface area (Å²) in [5, 5.41) is 13.9. The summed E-state index contributed by atoms with van der Waals surface area (Å²) in [6, 6.07) is 0. The first-order chi connectivity index (χ1) is 8.50. The topological polar surface area (TPSA) is 85.2 Å². The van der Waals surface area contributed by atoms with Crippen LogP contribution in [0.5, 0.6) is 0 Å². The van der Waals surface area contributed by atoms with Gasteiger partial charge in [0.15, 0.2) is 5.82 Å². The van der Waals surface area contributed by atoms with E-state index in [-0.39, 0.29) is 6.54 Å². The fraction of sp³-hybridized carbons (Fsp3) is 0.846. The van der Waals surface area contributed by atoms with Gasteiger partial charge in [-0.05, 0) is 25.7 Å². The first-order valence-corrected chi connectivity index (χ1v) is 6.75. The van der Waals surface area contributed by atoms with Gasteiger partial charge in [0.25, 0.3) is 0 Å². The molecule has 3 atom stereocenters. The number of hydrogen-bond donors (Lipinski definition) is 2. The van der Waals surface area contributed by atoms with Gasteiger partial charge in [0.2, 0.25) is 5.89 Å². The standard InChI is InChI=1S/C13H23N3O2/c1-9-4-3-5-10(6-9)12-15-11(18-16-12)7-13(2,17)8-14/h9-10,17H,3-8,14H2,1-2H3. The molecule has 1 heterocycles. The van der Waals surface area contributed by atoms with Crippen molar-refractivity contribution >= 4 is 0 Å². The van der Waals surface area contributed by atoms with E-state index in [0.29, 0.717) is 18.2 Å². The smallest absolute Gasteiger partial charge is 0.229 e. The Hall–Kier alpha value is -0.940. The molecule has 1 aliphatic carbocycles. The van der Waals surface area contributed by atoms with Crippen LogP contribution in [0.2, 0.25) is 0 Å². The van der Waals surface area contributed by atoms with E-state index in [2.05, 4.69) is 17.1 Å². The van der Waals surface area contributed by atoms with Crippen molar-refractivity contribution < 1.29 is 9.63 Å². The van der Waals surface area contributed by atoms with Crippen LogP contribution >= 0.6 is 0 Å². The average Bonchev–Trinajstić information content (AvgIpc) is 2.77. The molecule has 0 aromatic carbocycles. The minimum absolute atomic E-state index is 0.186. The predicted octanol–water partition coefficient (Wildman–Crippen LogP) is 1.62. The van der Waals surface area contributed by atoms with Gasteiger partial charge in [0.1, 0.15) is 0 Å². The van der Waals surface area contributed by atoms with Gasteiger partial charge in [0, 0.05) is 12.5 Å². The number of nitrogens with zero attached hydrogens (tertiary/aromatic N) is 2. The lowest BCUT2D eigenvalue weighted by Gasteiger charge is -2.23. The van der Waals surface area contributed by atoms with Crippen molar-refractivity contribution in [2.24, 2.45) is 11.7 Å². The minimum Gasteiger partial charge on any atom is -0.388 e. The highest BCUT2D eigenvalue weighted by molar-refractivity contribution is 4.99. The number of nitrogens with two attached hydrogens (primary N) is 1. The summed E-state index contributed by atoms with van der Waals surface area (Å²) in [6.07, 6.45) is 5.11. The molecule has 5 heteroatoms. The Kier molecular flexibility index (Phi) is 4.02. The molecule has 1 aromatic rings. The highest BCUT2D eigenvalue weighted by Crippen LogP contribution is 2.34. The second-order valence-corrected chi connectivity index (χ2v) is 5.89. The van der Waals surface area contributed by atoms with Crippen LogP contribution in [-0.4, -0.2) is 27.4 Å². The molecule has 18 heavy (non-hydrogen) atoms. The van der Waals surface area contributed by atoms with Gasteiger partial charge >= 0.3 is 0 Å². The van der Waals surface area contributed by atoms with E-state index < -0.39 is 5.60 Å². The molecular weight excluding hydrogens is 230 g/mol. The van der Waals surface area contributed by atoms with Gasteiger partial charge in [-0.3, -0.25) is 0 Å². The molecule has 1 aliphatic rings. The molecule has 0 saturated heterocycles. The lowest BCUT2D eigenvalue weighted by Crippen LogP contribution is -2.36. The van der Waals surface area contributed by atoms with Crippen LogP contribution in [0.15, 0.2) is 4.52 Å². The van der Waals surface area contributed by atoms with E-state index in [1.165, 1.54) is 12.8 Å². The Bertz CT molecular complexity index is 389. The van der Waals surface area contributed by atoms with Crippen molar-refractivity contribution in [1.82, 2.24) is 10.1 Å². The molecule has 102 valence electrons. The maximum atomic E-state index is 9.89. The van der Waals surface area contributed by atoms with E-state index in [4.69, 9.17) is 10.3 Å². The van der Waals surface area contributed by atoms with Gasteiger partial charge in [-0.2, -0.15) is 4.98 Å². The third kappa shape index (κ3) is 3.29. The van der Waals surface area contributed by atoms with E-state index in [9.17, 15) is 5.11 Å². The lowest BCUT2D eigenvalue weighted by molar-refractivity contribution is 0.0610. The lowest BCUT2D eigenvalue weighted by atomic mass is 9.82. The van der Waals surface area contributed by atoms with Crippen LogP contribution in [-0.2, 0) is 6.42 Å². The molecule has 1 aromatic heterocycles. The first kappa shape index (κ1) is 13.5. The number of rotatable bonds is 4. The molecule has 0 bridgehead atoms. The van der Waals surface area contributed by atoms with E-state index in [1.807, 2.05) is 0 Å². The van der Waals surface area contributed by atoms with Crippen molar-refractivity contribution in [3.8, 4) is 0 Å². The monoisotopic (exact) mass is 253 g/mol. The molecule has 2 rings (SSSR count). The van der Waals surface area contributed by atoms with Crippen molar-refractivity contribution in [3.05, 3.63) is 11.7 Å². The molecule has 3 unspecified atom stereocenters. The maximum absolute atomic E-state index is 9.89. The summed E-state index contributed by atoms with van der Waals surface area (Å²) in [4.78, 5) is 4.41. The summed E-state index contributed by atoms with van der Waals surface area (Å²) in [6.45, 7) is 4.14. The number of aromatic nitrogens is 2. The van der Waals surface area contributed by atoms with Crippen LogP contribution in [0.3, 0.4) is 0 Å². The van der Waals surface area contributed by atoms with Crippen molar-refractivity contribution in [1.29, 1.82) is 0 Å². The molecule has 5 nitrogen and oxygen atoms in total. The Balaban J connectivity index is 2.01. The van der Waals surface area contributed by atoms with E-state index in [0.717, 1.165) is 24.6 Å². The Labute approximate surface area is 108 Å². The van der Waals surface area contributed by atoms with Crippen molar-refractivity contribution in [2.75, 3.05) is 6.54 Å². The fourth-order valence-electron chi connectivity index (χ4n) is 2.57. The van der Waals surface area contributed by atoms with Gasteiger partial charge in [-0.15, -0.1) is 0 Å². The quantitative estimate of drug-likeness (QED) is 0.851. The third-order valence-corrected chi connectivity index (χ3v) is 3.76. The zero-order chi connectivity index (χ0) is 13.2. The minimum atomic E-state index is -0.969. The molecule has 0 radical (unpaired) electrons. The Morgan fingerprint density at radius 3 is 2.94 bits per heavy atom. The summed E-state index contributed by atoms with van der Waals surface area (Å²) in [5.74, 6) is 2.43. The van der Waals surface area contributed by atoms with Crippen LogP contribution in [0.4, 0.5) is 0 Å². The zero-order valence-electron chi connectivity index (χ0n) is 11.2. The highest BCUT2D eigenvalue weighted by atomic mass is 16.5. The molecule has 0 spiro atoms. The fourth-order valence-corrected chi connectivity index (χ4v) is 2.57. The van der Waals surface area contributed by atoms with Crippen molar-refractivity contribution in [2.45, 2.75) is 57.5 Å². The van der Waals surface area contributed by atoms with Crippen LogP contribution in [0.1, 0.15) is 57.2 Å². The van der Waals surface area contributed by atoms with Crippen LogP contribution in [0, 0.1) is 5.92 Å². The second kappa shape index (κ2) is 5.36. The largest absolute Gasteiger partial charge is 0.388 e. The third-order valence-electron chi connectivity index (χ3n) is 3.76. The Morgan fingerprint density at radius 1 is 1.50 bits per heavy atom. The number of aliphatic hydroxyl groups is 1. The highest BCUT2D eigenvalue weighted by Gasteiger charge is 2.27. The maximum Gasteiger partial charge on any atom is 0.229 e. The van der Waals surface area contributed by atoms with Crippen molar-refractivity contribution in [3.63, 3.8) is 0 Å². The first-order valence-electron chi connectivity index (χ1n) is 6.75. The SMILES string of the molecule is CC1CCCC(c2noc(CC(C)(O)CN)n2)C1. The summed E-state index contributed by atoms with van der Waals surface area (Å²) >= 11 is 0. The van der Waals surface area contributed by atoms with Gasteiger partial charge in [-0.1, -0.05) is 24.9 Å². The molecular formula is C13H23N3O2. The van der Waals surface area contributed by atoms with Gasteiger partial charge < -0.3 is 15.4 Å². The molecule has 1 fully saturated rings. The molecule has 0 amide bonds. The second-order valence-electron chi connectivity index (χ2n) is 5.89. The number of hydrogen-bond acceptors (Lipinski definition) is 5. The van der Waals surface area contributed by atoms with E-state index in [1.54, 1.807) is 6.92 Å². The van der Waals surface area contributed by atoms with Crippen LogP contribution in [0.25, 0.3) is 0 Å². The summed E-state index contributed by atoms with van der Waals surface area (Å²) in [5.41, 5.74) is 4.51. The normalized spacial score (nSPS) is 28.0.